The minimum atomic E-state index is -0.384. The first-order valence-corrected chi connectivity index (χ1v) is 18.3. The normalized spacial score (nSPS) is 13.3. The van der Waals surface area contributed by atoms with Gasteiger partial charge in [-0.3, -0.25) is 14.4 Å². The van der Waals surface area contributed by atoms with E-state index in [-0.39, 0.29) is 29.0 Å². The summed E-state index contributed by atoms with van der Waals surface area (Å²) >= 11 is 0. The third kappa shape index (κ3) is 10.1. The number of carbonyl (C=O) groups excluding carboxylic acids is 3. The lowest BCUT2D eigenvalue weighted by atomic mass is 10.1. The highest BCUT2D eigenvalue weighted by Gasteiger charge is 2.22. The standard InChI is InChI=1S/C40H54N8O5/c1-28-15-18-33(35(26-28)53-25-10-8-9-14-36(49)48-23-20-45(4)21-24-48)47(6)39(51)29-16-17-30(34(27-29)52-7)38(50)41-31-12-11-13-32-37(31)43-40(42-32)46(5)22-19-44(2)3/h11-13,15-18,26-27H,8-10,14,19-25H2,1-7H3,(H,41,50)(H,42,43). The molecule has 4 aromatic rings. The Morgan fingerprint density at radius 2 is 1.68 bits per heavy atom. The second-order valence-electron chi connectivity index (χ2n) is 14.0. The van der Waals surface area contributed by atoms with Crippen LogP contribution in [-0.4, -0.2) is 131 Å². The average molecular weight is 727 g/mol. The van der Waals surface area contributed by atoms with Crippen LogP contribution < -0.4 is 24.6 Å². The molecule has 1 aromatic heterocycles. The molecule has 1 saturated heterocycles. The van der Waals surface area contributed by atoms with Crippen molar-refractivity contribution in [3.05, 3.63) is 71.3 Å². The fourth-order valence-electron chi connectivity index (χ4n) is 6.23. The quantitative estimate of drug-likeness (QED) is 0.151. The van der Waals surface area contributed by atoms with E-state index in [1.807, 2.05) is 74.3 Å². The van der Waals surface area contributed by atoms with E-state index < -0.39 is 0 Å². The molecular weight excluding hydrogens is 672 g/mol. The minimum Gasteiger partial charge on any atom is -0.496 e. The summed E-state index contributed by atoms with van der Waals surface area (Å²) in [6.45, 7) is 7.55. The number of aromatic amines is 1. The van der Waals surface area contributed by atoms with Crippen LogP contribution in [0.1, 0.15) is 52.0 Å². The number of benzene rings is 3. The van der Waals surface area contributed by atoms with Gasteiger partial charge in [-0.15, -0.1) is 0 Å². The summed E-state index contributed by atoms with van der Waals surface area (Å²) in [5, 5.41) is 2.98. The zero-order chi connectivity index (χ0) is 38.1. The first-order chi connectivity index (χ1) is 25.4. The van der Waals surface area contributed by atoms with E-state index in [1.54, 1.807) is 30.1 Å². The summed E-state index contributed by atoms with van der Waals surface area (Å²) in [6, 6.07) is 16.1. The highest BCUT2D eigenvalue weighted by molar-refractivity contribution is 6.11. The van der Waals surface area contributed by atoms with Crippen LogP contribution in [0.2, 0.25) is 0 Å². The SMILES string of the molecule is COc1cc(C(=O)N(C)c2ccc(C)cc2OCCCCCC(=O)N2CCN(C)CC2)ccc1C(=O)Nc1cccc2[nH]c(N(C)CCN(C)C)nc12. The molecule has 3 aromatic carbocycles. The van der Waals surface area contributed by atoms with Gasteiger partial charge in [-0.1, -0.05) is 12.1 Å². The predicted molar refractivity (Wildman–Crippen MR) is 211 cm³/mol. The molecule has 2 heterocycles. The van der Waals surface area contributed by atoms with Crippen LogP contribution in [0.15, 0.2) is 54.6 Å². The van der Waals surface area contributed by atoms with Crippen LogP contribution in [-0.2, 0) is 4.79 Å². The fraction of sp³-hybridized carbons (Fsp3) is 0.450. The molecule has 13 nitrogen and oxygen atoms in total. The second kappa shape index (κ2) is 18.1. The van der Waals surface area contributed by atoms with Crippen LogP contribution in [0.3, 0.4) is 0 Å². The van der Waals surface area contributed by atoms with Crippen LogP contribution in [0.4, 0.5) is 17.3 Å². The number of nitrogens with zero attached hydrogens (tertiary/aromatic N) is 6. The first-order valence-electron chi connectivity index (χ1n) is 18.3. The Morgan fingerprint density at radius 3 is 2.42 bits per heavy atom. The summed E-state index contributed by atoms with van der Waals surface area (Å²) in [6.07, 6.45) is 3.04. The highest BCUT2D eigenvalue weighted by atomic mass is 16.5. The molecule has 0 bridgehead atoms. The Morgan fingerprint density at radius 1 is 0.906 bits per heavy atom. The average Bonchev–Trinajstić information content (AvgIpc) is 3.60. The van der Waals surface area contributed by atoms with Gasteiger partial charge in [-0.25, -0.2) is 4.98 Å². The summed E-state index contributed by atoms with van der Waals surface area (Å²) in [5.41, 5.74) is 4.29. The number of piperazine rings is 1. The van der Waals surface area contributed by atoms with Crippen molar-refractivity contribution < 1.29 is 23.9 Å². The van der Waals surface area contributed by atoms with Gasteiger partial charge in [0.05, 0.1) is 36.2 Å². The minimum absolute atomic E-state index is 0.227. The van der Waals surface area contributed by atoms with E-state index in [9.17, 15) is 14.4 Å². The van der Waals surface area contributed by atoms with E-state index in [1.165, 1.54) is 7.11 Å². The molecule has 0 spiro atoms. The zero-order valence-corrected chi connectivity index (χ0v) is 32.2. The maximum Gasteiger partial charge on any atom is 0.259 e. The lowest BCUT2D eigenvalue weighted by molar-refractivity contribution is -0.132. The van der Waals surface area contributed by atoms with E-state index in [0.717, 1.165) is 69.6 Å². The number of hydrogen-bond acceptors (Lipinski definition) is 9. The maximum absolute atomic E-state index is 13.8. The molecule has 2 N–H and O–H groups in total. The third-order valence-electron chi connectivity index (χ3n) is 9.62. The topological polar surface area (TPSA) is 127 Å². The van der Waals surface area contributed by atoms with Crippen LogP contribution in [0.25, 0.3) is 11.0 Å². The van der Waals surface area contributed by atoms with Gasteiger partial charge in [0.25, 0.3) is 11.8 Å². The Labute approximate surface area is 312 Å². The van der Waals surface area contributed by atoms with E-state index in [4.69, 9.17) is 14.5 Å². The smallest absolute Gasteiger partial charge is 0.259 e. The van der Waals surface area contributed by atoms with E-state index in [2.05, 4.69) is 27.1 Å². The third-order valence-corrected chi connectivity index (χ3v) is 9.62. The van der Waals surface area contributed by atoms with Gasteiger partial charge in [-0.05, 0) is 95.4 Å². The number of para-hydroxylation sites is 1. The molecule has 3 amide bonds. The molecule has 5 rings (SSSR count). The maximum atomic E-state index is 13.8. The Balaban J connectivity index is 1.20. The van der Waals surface area contributed by atoms with E-state index in [0.29, 0.717) is 47.2 Å². The van der Waals surface area contributed by atoms with Gasteiger partial charge in [-0.2, -0.15) is 0 Å². The number of fused-ring (bicyclic) bond motifs is 1. The monoisotopic (exact) mass is 726 g/mol. The summed E-state index contributed by atoms with van der Waals surface area (Å²) in [5.74, 6) is 1.15. The molecule has 1 aliphatic heterocycles. The zero-order valence-electron chi connectivity index (χ0n) is 32.2. The summed E-state index contributed by atoms with van der Waals surface area (Å²) in [7, 11) is 11.3. The molecule has 13 heteroatoms. The largest absolute Gasteiger partial charge is 0.496 e. The Kier molecular flexibility index (Phi) is 13.3. The van der Waals surface area contributed by atoms with Gasteiger partial charge < -0.3 is 44.3 Å². The number of methoxy groups -OCH3 is 1. The molecule has 1 aliphatic rings. The summed E-state index contributed by atoms with van der Waals surface area (Å²) in [4.78, 5) is 57.9. The number of anilines is 3. The van der Waals surface area contributed by atoms with Gasteiger partial charge in [0.15, 0.2) is 0 Å². The van der Waals surface area contributed by atoms with Gasteiger partial charge in [0.1, 0.15) is 17.0 Å². The molecular formula is C40H54N8O5. The van der Waals surface area contributed by atoms with E-state index >= 15 is 0 Å². The summed E-state index contributed by atoms with van der Waals surface area (Å²) < 4.78 is 11.8. The van der Waals surface area contributed by atoms with Crippen LogP contribution in [0.5, 0.6) is 11.5 Å². The number of H-pyrrole nitrogens is 1. The number of aryl methyl sites for hydroxylation is 1. The van der Waals surface area contributed by atoms with Crippen molar-refractivity contribution in [2.75, 3.05) is 103 Å². The first kappa shape index (κ1) is 39.1. The number of imidazole rings is 1. The molecule has 0 unspecified atom stereocenters. The Bertz CT molecular complexity index is 1880. The molecule has 1 fully saturated rings. The lowest BCUT2D eigenvalue weighted by Crippen LogP contribution is -2.47. The van der Waals surface area contributed by atoms with Gasteiger partial charge >= 0.3 is 0 Å². The van der Waals surface area contributed by atoms with Crippen molar-refractivity contribution >= 4 is 46.1 Å². The lowest BCUT2D eigenvalue weighted by Gasteiger charge is -2.32. The molecule has 0 radical (unpaired) electrons. The molecule has 0 aliphatic carbocycles. The number of aromatic nitrogens is 2. The fourth-order valence-corrected chi connectivity index (χ4v) is 6.23. The highest BCUT2D eigenvalue weighted by Crippen LogP contribution is 2.32. The number of carbonyl (C=O) groups is 3. The van der Waals surface area contributed by atoms with Gasteiger partial charge in [0, 0.05) is 65.3 Å². The van der Waals surface area contributed by atoms with Crippen molar-refractivity contribution in [1.29, 1.82) is 0 Å². The predicted octanol–water partition coefficient (Wildman–Crippen LogP) is 5.12. The van der Waals surface area contributed by atoms with Crippen LogP contribution in [0, 0.1) is 6.92 Å². The van der Waals surface area contributed by atoms with Crippen LogP contribution >= 0.6 is 0 Å². The number of rotatable bonds is 16. The van der Waals surface area contributed by atoms with Crippen molar-refractivity contribution in [2.24, 2.45) is 0 Å². The molecule has 0 saturated carbocycles. The molecule has 53 heavy (non-hydrogen) atoms. The van der Waals surface area contributed by atoms with Crippen molar-refractivity contribution in [2.45, 2.75) is 32.6 Å². The number of likely N-dealkylation sites (N-methyl/N-ethyl adjacent to an activating group) is 3. The number of hydrogen-bond donors (Lipinski definition) is 2. The number of amides is 3. The number of ether oxygens (including phenoxy) is 2. The molecule has 0 atom stereocenters. The van der Waals surface area contributed by atoms with Crippen molar-refractivity contribution in [3.63, 3.8) is 0 Å². The second-order valence-corrected chi connectivity index (χ2v) is 14.0. The van der Waals surface area contributed by atoms with Gasteiger partial charge in [0.2, 0.25) is 11.9 Å². The number of unbranched alkanes of at least 4 members (excludes halogenated alkanes) is 2. The number of nitrogens with one attached hydrogen (secondary N) is 2. The van der Waals surface area contributed by atoms with Crippen molar-refractivity contribution in [1.82, 2.24) is 24.7 Å². The van der Waals surface area contributed by atoms with Crippen molar-refractivity contribution in [3.8, 4) is 11.5 Å². The Hall–Kier alpha value is -5.14. The molecule has 284 valence electrons.